The number of nitrogens with one attached hydrogen (secondary N) is 2. The first kappa shape index (κ1) is 22.2. The van der Waals surface area contributed by atoms with E-state index >= 15 is 0 Å². The predicted octanol–water partition coefficient (Wildman–Crippen LogP) is 3.24. The summed E-state index contributed by atoms with van der Waals surface area (Å²) in [5.41, 5.74) is 1.73. The van der Waals surface area contributed by atoms with Crippen LogP contribution in [0, 0.1) is 6.92 Å². The number of halogens is 1. The van der Waals surface area contributed by atoms with Gasteiger partial charge >= 0.3 is 0 Å². The molecule has 0 unspecified atom stereocenters. The van der Waals surface area contributed by atoms with Crippen LogP contribution in [-0.2, 0) is 14.4 Å². The Morgan fingerprint density at radius 1 is 1.04 bits per heavy atom. The Hall–Kier alpha value is -1.89. The van der Waals surface area contributed by atoms with Crippen molar-refractivity contribution in [2.45, 2.75) is 46.5 Å². The number of nitrogens with zero attached hydrogens (tertiary/aromatic N) is 1. The molecule has 0 heterocycles. The van der Waals surface area contributed by atoms with Crippen LogP contribution in [0.5, 0.6) is 0 Å². The highest BCUT2D eigenvalue weighted by molar-refractivity contribution is 9.10. The Morgan fingerprint density at radius 3 is 2.38 bits per heavy atom. The van der Waals surface area contributed by atoms with Crippen LogP contribution in [-0.4, -0.2) is 42.3 Å². The van der Waals surface area contributed by atoms with Gasteiger partial charge in [-0.2, -0.15) is 0 Å². The predicted molar refractivity (Wildman–Crippen MR) is 107 cm³/mol. The number of carbonyl (C=O) groups is 3. The van der Waals surface area contributed by atoms with Crippen LogP contribution in [0.4, 0.5) is 5.69 Å². The van der Waals surface area contributed by atoms with Crippen molar-refractivity contribution in [3.05, 3.63) is 28.2 Å². The second kappa shape index (κ2) is 11.7. The Bertz CT molecular complexity index is 630. The third-order valence-corrected chi connectivity index (χ3v) is 4.55. The number of aryl methyl sites for hydroxylation is 1. The van der Waals surface area contributed by atoms with E-state index in [0.29, 0.717) is 32.4 Å². The molecule has 0 aliphatic heterocycles. The van der Waals surface area contributed by atoms with Gasteiger partial charge < -0.3 is 15.5 Å². The van der Waals surface area contributed by atoms with Gasteiger partial charge in [0.1, 0.15) is 0 Å². The molecule has 0 aromatic heterocycles. The van der Waals surface area contributed by atoms with E-state index in [-0.39, 0.29) is 30.7 Å². The summed E-state index contributed by atoms with van der Waals surface area (Å²) in [5.74, 6) is -0.210. The van der Waals surface area contributed by atoms with Crippen LogP contribution in [0.2, 0.25) is 0 Å². The third kappa shape index (κ3) is 7.99. The summed E-state index contributed by atoms with van der Waals surface area (Å²) in [7, 11) is 0. The van der Waals surface area contributed by atoms with Crippen LogP contribution in [0.15, 0.2) is 22.7 Å². The molecule has 0 bridgehead atoms. The molecule has 0 atom stereocenters. The molecule has 0 spiro atoms. The molecule has 0 fully saturated rings. The first-order valence-corrected chi connectivity index (χ1v) is 9.77. The van der Waals surface area contributed by atoms with Crippen LogP contribution >= 0.6 is 15.9 Å². The van der Waals surface area contributed by atoms with Crippen LogP contribution in [0.3, 0.4) is 0 Å². The van der Waals surface area contributed by atoms with E-state index in [0.717, 1.165) is 15.7 Å². The minimum absolute atomic E-state index is 0.0755. The fraction of sp³-hybridized carbons (Fsp3) is 0.526. The Morgan fingerprint density at radius 2 is 1.73 bits per heavy atom. The smallest absolute Gasteiger partial charge is 0.226 e. The van der Waals surface area contributed by atoms with Crippen molar-refractivity contribution in [2.75, 3.05) is 25.0 Å². The molecule has 0 aliphatic rings. The lowest BCUT2D eigenvalue weighted by atomic mass is 10.2. The first-order valence-electron chi connectivity index (χ1n) is 8.97. The summed E-state index contributed by atoms with van der Waals surface area (Å²) in [6, 6.07) is 5.68. The summed E-state index contributed by atoms with van der Waals surface area (Å²) < 4.78 is 0.894. The Balaban J connectivity index is 2.24. The van der Waals surface area contributed by atoms with Crippen molar-refractivity contribution in [1.82, 2.24) is 10.2 Å². The quantitative estimate of drug-likeness (QED) is 0.603. The molecule has 1 rings (SSSR count). The fourth-order valence-electron chi connectivity index (χ4n) is 2.48. The van der Waals surface area contributed by atoms with Crippen LogP contribution < -0.4 is 10.6 Å². The van der Waals surface area contributed by atoms with Gasteiger partial charge in [0.15, 0.2) is 0 Å². The molecular weight excluding hydrogens is 398 g/mol. The number of hydrogen-bond donors (Lipinski definition) is 2. The molecule has 0 saturated carbocycles. The third-order valence-electron chi connectivity index (χ3n) is 4.06. The summed E-state index contributed by atoms with van der Waals surface area (Å²) >= 11 is 3.37. The zero-order chi connectivity index (χ0) is 19.5. The zero-order valence-electron chi connectivity index (χ0n) is 15.7. The summed E-state index contributed by atoms with van der Waals surface area (Å²) in [6.45, 7) is 7.46. The maximum atomic E-state index is 12.0. The van der Waals surface area contributed by atoms with E-state index in [9.17, 15) is 14.4 Å². The molecule has 144 valence electrons. The highest BCUT2D eigenvalue weighted by atomic mass is 79.9. The van der Waals surface area contributed by atoms with Crippen molar-refractivity contribution in [3.63, 3.8) is 0 Å². The Labute approximate surface area is 163 Å². The number of hydrogen-bond acceptors (Lipinski definition) is 3. The van der Waals surface area contributed by atoms with Crippen molar-refractivity contribution < 1.29 is 14.4 Å². The normalized spacial score (nSPS) is 10.3. The molecule has 2 N–H and O–H groups in total. The maximum Gasteiger partial charge on any atom is 0.226 e. The molecule has 1 aromatic carbocycles. The molecule has 0 saturated heterocycles. The van der Waals surface area contributed by atoms with Gasteiger partial charge in [-0.1, -0.05) is 22.0 Å². The van der Waals surface area contributed by atoms with Gasteiger partial charge in [-0.3, -0.25) is 14.4 Å². The van der Waals surface area contributed by atoms with E-state index in [2.05, 4.69) is 26.6 Å². The number of anilines is 1. The lowest BCUT2D eigenvalue weighted by Gasteiger charge is -2.18. The van der Waals surface area contributed by atoms with Gasteiger partial charge in [0.2, 0.25) is 17.7 Å². The van der Waals surface area contributed by atoms with Crippen molar-refractivity contribution in [2.24, 2.45) is 0 Å². The maximum absolute atomic E-state index is 12.0. The fourth-order valence-corrected chi connectivity index (χ4v) is 2.84. The summed E-state index contributed by atoms with van der Waals surface area (Å²) in [4.78, 5) is 37.4. The molecule has 6 nitrogen and oxygen atoms in total. The topological polar surface area (TPSA) is 78.5 Å². The summed E-state index contributed by atoms with van der Waals surface area (Å²) in [5, 5.41) is 5.56. The minimum Gasteiger partial charge on any atom is -0.356 e. The second-order valence-electron chi connectivity index (χ2n) is 6.03. The number of amides is 3. The van der Waals surface area contributed by atoms with E-state index in [1.165, 1.54) is 0 Å². The first-order chi connectivity index (χ1) is 12.4. The van der Waals surface area contributed by atoms with E-state index in [4.69, 9.17) is 0 Å². The van der Waals surface area contributed by atoms with Gasteiger partial charge in [-0.25, -0.2) is 0 Å². The van der Waals surface area contributed by atoms with Gasteiger partial charge in [-0.15, -0.1) is 0 Å². The molecular formula is C19H28BrN3O3. The van der Waals surface area contributed by atoms with Crippen molar-refractivity contribution in [1.29, 1.82) is 0 Å². The Kier molecular flexibility index (Phi) is 9.95. The lowest BCUT2D eigenvalue weighted by molar-refractivity contribution is -0.131. The van der Waals surface area contributed by atoms with E-state index in [1.54, 1.807) is 4.90 Å². The number of rotatable bonds is 10. The van der Waals surface area contributed by atoms with Gasteiger partial charge in [0, 0.05) is 49.1 Å². The highest BCUT2D eigenvalue weighted by Crippen LogP contribution is 2.20. The van der Waals surface area contributed by atoms with Crippen molar-refractivity contribution in [3.8, 4) is 0 Å². The van der Waals surface area contributed by atoms with E-state index < -0.39 is 0 Å². The van der Waals surface area contributed by atoms with E-state index in [1.807, 2.05) is 39.0 Å². The average molecular weight is 426 g/mol. The molecule has 3 amide bonds. The molecule has 0 radical (unpaired) electrons. The molecule has 0 aliphatic carbocycles. The number of benzene rings is 1. The van der Waals surface area contributed by atoms with Crippen LogP contribution in [0.25, 0.3) is 0 Å². The van der Waals surface area contributed by atoms with Crippen molar-refractivity contribution >= 4 is 39.3 Å². The SMILES string of the molecule is CCN(CC)C(=O)CCCC(=O)NCCC(=O)Nc1cc(Br)ccc1C. The van der Waals surface area contributed by atoms with Gasteiger partial charge in [0.05, 0.1) is 0 Å². The monoisotopic (exact) mass is 425 g/mol. The summed E-state index contributed by atoms with van der Waals surface area (Å²) in [6.07, 6.45) is 1.39. The number of carbonyl (C=O) groups excluding carboxylic acids is 3. The van der Waals surface area contributed by atoms with Gasteiger partial charge in [-0.05, 0) is 44.9 Å². The van der Waals surface area contributed by atoms with Crippen LogP contribution in [0.1, 0.15) is 45.1 Å². The second-order valence-corrected chi connectivity index (χ2v) is 6.94. The molecule has 26 heavy (non-hydrogen) atoms. The highest BCUT2D eigenvalue weighted by Gasteiger charge is 2.11. The largest absolute Gasteiger partial charge is 0.356 e. The minimum atomic E-state index is -0.150. The van der Waals surface area contributed by atoms with Gasteiger partial charge in [0.25, 0.3) is 0 Å². The standard InChI is InChI=1S/C19H28BrN3O3/c1-4-23(5-2)19(26)8-6-7-17(24)21-12-11-18(25)22-16-13-15(20)10-9-14(16)3/h9-10,13H,4-8,11-12H2,1-3H3,(H,21,24)(H,22,25). The lowest BCUT2D eigenvalue weighted by Crippen LogP contribution is -2.31. The molecule has 1 aromatic rings. The zero-order valence-corrected chi connectivity index (χ0v) is 17.3. The average Bonchev–Trinajstić information content (AvgIpc) is 2.59. The molecule has 7 heteroatoms.